The summed E-state index contributed by atoms with van der Waals surface area (Å²) in [4.78, 5) is 5.31. The van der Waals surface area contributed by atoms with Gasteiger partial charge in [-0.05, 0) is 49.8 Å². The van der Waals surface area contributed by atoms with Crippen LogP contribution in [0, 0.1) is 22.3 Å². The minimum Gasteiger partial charge on any atom is -0.330 e. The molecule has 0 aliphatic carbocycles. The number of hydrogen-bond donors (Lipinski definition) is 1. The molecule has 3 nitrogen and oxygen atoms in total. The first kappa shape index (κ1) is 13.7. The summed E-state index contributed by atoms with van der Waals surface area (Å²) in [6.07, 6.45) is 1.07. The lowest BCUT2D eigenvalue weighted by atomic mass is 10.1. The minimum atomic E-state index is -0.832. The number of nitrogens with one attached hydrogen (secondary N) is 1. The van der Waals surface area contributed by atoms with Gasteiger partial charge in [-0.15, -0.1) is 0 Å². The third kappa shape index (κ3) is 2.27. The summed E-state index contributed by atoms with van der Waals surface area (Å²) in [5, 5.41) is 0. The topological polar surface area (TPSA) is 24.0 Å². The summed E-state index contributed by atoms with van der Waals surface area (Å²) < 4.78 is 29.6. The zero-order valence-electron chi connectivity index (χ0n) is 11.3. The van der Waals surface area contributed by atoms with Crippen LogP contribution in [0.2, 0.25) is 0 Å². The summed E-state index contributed by atoms with van der Waals surface area (Å²) in [5.41, 5.74) is 0.809. The molecule has 3 rings (SSSR count). The van der Waals surface area contributed by atoms with Crippen molar-refractivity contribution in [2.24, 2.45) is 5.92 Å². The van der Waals surface area contributed by atoms with Crippen LogP contribution in [-0.2, 0) is 6.54 Å². The lowest BCUT2D eigenvalue weighted by molar-refractivity contribution is 0.333. The predicted molar refractivity (Wildman–Crippen MR) is 77.3 cm³/mol. The van der Waals surface area contributed by atoms with Crippen LogP contribution in [0.5, 0.6) is 0 Å². The average Bonchev–Trinajstić information content (AvgIpc) is 3.00. The van der Waals surface area contributed by atoms with Crippen LogP contribution in [-0.4, -0.2) is 34.1 Å². The van der Waals surface area contributed by atoms with Gasteiger partial charge < -0.3 is 14.5 Å². The van der Waals surface area contributed by atoms with E-state index in [9.17, 15) is 8.78 Å². The van der Waals surface area contributed by atoms with E-state index in [0.29, 0.717) is 22.8 Å². The highest BCUT2D eigenvalue weighted by atomic mass is 32.1. The van der Waals surface area contributed by atoms with E-state index >= 15 is 0 Å². The Morgan fingerprint density at radius 3 is 2.90 bits per heavy atom. The fraction of sp³-hybridized carbons (Fsp3) is 0.500. The summed E-state index contributed by atoms with van der Waals surface area (Å²) in [5.74, 6) is -1.22. The Morgan fingerprint density at radius 2 is 2.20 bits per heavy atom. The van der Waals surface area contributed by atoms with Gasteiger partial charge in [0.25, 0.3) is 0 Å². The van der Waals surface area contributed by atoms with Crippen molar-refractivity contribution < 1.29 is 8.78 Å². The molecule has 1 fully saturated rings. The molecule has 1 N–H and O–H groups in total. The quantitative estimate of drug-likeness (QED) is 0.879. The highest BCUT2D eigenvalue weighted by Crippen LogP contribution is 2.24. The Labute approximate surface area is 121 Å². The number of hydrogen-bond acceptors (Lipinski definition) is 2. The maximum atomic E-state index is 14.0. The SMILES string of the molecule is CCN1CCC(Cn2c(=S)[nH]c3ccc(F)c(F)c32)C1. The number of halogens is 2. The highest BCUT2D eigenvalue weighted by Gasteiger charge is 2.23. The first-order valence-corrected chi connectivity index (χ1v) is 7.29. The van der Waals surface area contributed by atoms with Gasteiger partial charge in [-0.25, -0.2) is 8.78 Å². The average molecular weight is 297 g/mol. The van der Waals surface area contributed by atoms with E-state index in [1.165, 1.54) is 6.07 Å². The van der Waals surface area contributed by atoms with Crippen molar-refractivity contribution in [2.45, 2.75) is 19.9 Å². The van der Waals surface area contributed by atoms with E-state index in [0.717, 1.165) is 32.1 Å². The molecule has 0 saturated carbocycles. The van der Waals surface area contributed by atoms with Crippen molar-refractivity contribution in [3.8, 4) is 0 Å². The molecule has 6 heteroatoms. The molecule has 0 radical (unpaired) electrons. The molecular formula is C14H17F2N3S. The zero-order chi connectivity index (χ0) is 14.3. The molecule has 1 unspecified atom stereocenters. The first-order valence-electron chi connectivity index (χ1n) is 6.89. The Bertz CT molecular complexity index is 692. The number of rotatable bonds is 3. The van der Waals surface area contributed by atoms with Crippen LogP contribution in [0.1, 0.15) is 13.3 Å². The number of nitrogens with zero attached hydrogens (tertiary/aromatic N) is 2. The van der Waals surface area contributed by atoms with Crippen molar-refractivity contribution in [3.05, 3.63) is 28.5 Å². The van der Waals surface area contributed by atoms with E-state index < -0.39 is 11.6 Å². The van der Waals surface area contributed by atoms with Crippen molar-refractivity contribution in [2.75, 3.05) is 19.6 Å². The minimum absolute atomic E-state index is 0.255. The molecule has 20 heavy (non-hydrogen) atoms. The number of fused-ring (bicyclic) bond motifs is 1. The molecule has 0 spiro atoms. The predicted octanol–water partition coefficient (Wildman–Crippen LogP) is 3.32. The molecule has 1 aliphatic heterocycles. The van der Waals surface area contributed by atoms with Gasteiger partial charge in [0.1, 0.15) is 5.52 Å². The van der Waals surface area contributed by atoms with Gasteiger partial charge in [-0.2, -0.15) is 0 Å². The summed E-state index contributed by atoms with van der Waals surface area (Å²) in [6.45, 7) is 5.85. The van der Waals surface area contributed by atoms with Crippen molar-refractivity contribution >= 4 is 23.3 Å². The number of imidazole rings is 1. The van der Waals surface area contributed by atoms with E-state index in [1.807, 2.05) is 0 Å². The highest BCUT2D eigenvalue weighted by molar-refractivity contribution is 7.71. The Kier molecular flexibility index (Phi) is 3.60. The van der Waals surface area contributed by atoms with Gasteiger partial charge in [-0.1, -0.05) is 6.92 Å². The molecule has 0 amide bonds. The number of aromatic nitrogens is 2. The van der Waals surface area contributed by atoms with E-state index in [4.69, 9.17) is 12.2 Å². The molecule has 108 valence electrons. The largest absolute Gasteiger partial charge is 0.330 e. The summed E-state index contributed by atoms with van der Waals surface area (Å²) in [7, 11) is 0. The van der Waals surface area contributed by atoms with Crippen LogP contribution in [0.3, 0.4) is 0 Å². The Morgan fingerprint density at radius 1 is 1.40 bits per heavy atom. The van der Waals surface area contributed by atoms with Crippen LogP contribution in [0.15, 0.2) is 12.1 Å². The molecule has 1 aromatic carbocycles. The van der Waals surface area contributed by atoms with E-state index in [2.05, 4.69) is 16.8 Å². The zero-order valence-corrected chi connectivity index (χ0v) is 12.1. The third-order valence-corrected chi connectivity index (χ3v) is 4.41. The molecule has 2 aromatic rings. The number of likely N-dealkylation sites (tertiary alicyclic amines) is 1. The van der Waals surface area contributed by atoms with E-state index in [1.54, 1.807) is 4.57 Å². The van der Waals surface area contributed by atoms with Crippen LogP contribution < -0.4 is 0 Å². The first-order chi connectivity index (χ1) is 9.60. The molecule has 1 aromatic heterocycles. The molecular weight excluding hydrogens is 280 g/mol. The van der Waals surface area contributed by atoms with Crippen LogP contribution in [0.4, 0.5) is 8.78 Å². The summed E-state index contributed by atoms with van der Waals surface area (Å²) >= 11 is 5.25. The lowest BCUT2D eigenvalue weighted by Crippen LogP contribution is -2.21. The van der Waals surface area contributed by atoms with Gasteiger partial charge in [0, 0.05) is 13.1 Å². The van der Waals surface area contributed by atoms with Gasteiger partial charge in [0.2, 0.25) is 0 Å². The van der Waals surface area contributed by atoms with Crippen LogP contribution >= 0.6 is 12.2 Å². The normalized spacial score (nSPS) is 20.1. The van der Waals surface area contributed by atoms with Crippen LogP contribution in [0.25, 0.3) is 11.0 Å². The summed E-state index contributed by atoms with van der Waals surface area (Å²) in [6, 6.07) is 2.66. The fourth-order valence-electron chi connectivity index (χ4n) is 2.97. The monoisotopic (exact) mass is 297 g/mol. The number of H-pyrrole nitrogens is 1. The molecule has 2 heterocycles. The van der Waals surface area contributed by atoms with Gasteiger partial charge in [0.15, 0.2) is 16.4 Å². The molecule has 1 atom stereocenters. The van der Waals surface area contributed by atoms with Crippen molar-refractivity contribution in [1.29, 1.82) is 0 Å². The maximum absolute atomic E-state index is 14.0. The lowest BCUT2D eigenvalue weighted by Gasteiger charge is -2.14. The van der Waals surface area contributed by atoms with Gasteiger partial charge >= 0.3 is 0 Å². The second-order valence-electron chi connectivity index (χ2n) is 5.35. The van der Waals surface area contributed by atoms with Gasteiger partial charge in [0.05, 0.1) is 5.52 Å². The second-order valence-corrected chi connectivity index (χ2v) is 5.73. The molecule has 1 aliphatic rings. The van der Waals surface area contributed by atoms with Gasteiger partial charge in [-0.3, -0.25) is 0 Å². The third-order valence-electron chi connectivity index (χ3n) is 4.08. The fourth-order valence-corrected chi connectivity index (χ4v) is 3.25. The second kappa shape index (κ2) is 5.26. The smallest absolute Gasteiger partial charge is 0.184 e. The maximum Gasteiger partial charge on any atom is 0.184 e. The van der Waals surface area contributed by atoms with Crippen molar-refractivity contribution in [3.63, 3.8) is 0 Å². The Hall–Kier alpha value is -1.27. The molecule has 0 bridgehead atoms. The van der Waals surface area contributed by atoms with Crippen molar-refractivity contribution in [1.82, 2.24) is 14.5 Å². The number of aromatic amines is 1. The van der Waals surface area contributed by atoms with E-state index in [-0.39, 0.29) is 5.52 Å². The number of benzene rings is 1. The Balaban J connectivity index is 1.97. The standard InChI is InChI=1S/C14H17F2N3S/c1-2-18-6-5-9(7-18)8-19-13-11(17-14(19)20)4-3-10(15)12(13)16/h3-4,9H,2,5-8H2,1H3,(H,17,20). The molecule has 1 saturated heterocycles.